The molecule has 2 bridgehead atoms. The van der Waals surface area contributed by atoms with Gasteiger partial charge in [-0.25, -0.2) is 9.37 Å². The van der Waals surface area contributed by atoms with Crippen molar-refractivity contribution in [2.24, 2.45) is 5.41 Å². The fourth-order valence-corrected chi connectivity index (χ4v) is 6.23. The molecule has 2 aliphatic heterocycles. The quantitative estimate of drug-likeness (QED) is 0.802. The largest absolute Gasteiger partial charge is 0.363 e. The smallest absolute Gasteiger partial charge is 0.254 e. The number of piperazine rings is 1. The van der Waals surface area contributed by atoms with Gasteiger partial charge >= 0.3 is 0 Å². The Morgan fingerprint density at radius 3 is 2.55 bits per heavy atom. The topological polar surface area (TPSA) is 52.2 Å². The van der Waals surface area contributed by atoms with Gasteiger partial charge in [-0.3, -0.25) is 9.69 Å². The van der Waals surface area contributed by atoms with Crippen LogP contribution in [0.3, 0.4) is 0 Å². The Labute approximate surface area is 182 Å². The Morgan fingerprint density at radius 2 is 1.84 bits per heavy atom. The second kappa shape index (κ2) is 7.44. The number of likely N-dealkylation sites (tertiary alicyclic amines) is 1. The van der Waals surface area contributed by atoms with Crippen molar-refractivity contribution in [1.82, 2.24) is 14.9 Å². The lowest BCUT2D eigenvalue weighted by Gasteiger charge is -2.42. The van der Waals surface area contributed by atoms with Crippen LogP contribution in [-0.4, -0.2) is 46.6 Å². The molecule has 5 nitrogen and oxygen atoms in total. The molecule has 6 heteroatoms. The van der Waals surface area contributed by atoms with Crippen LogP contribution >= 0.6 is 0 Å². The zero-order valence-corrected chi connectivity index (χ0v) is 18.1. The molecule has 1 N–H and O–H groups in total. The van der Waals surface area contributed by atoms with Crippen LogP contribution in [0.15, 0.2) is 29.1 Å². The van der Waals surface area contributed by atoms with Gasteiger partial charge in [-0.1, -0.05) is 0 Å². The predicted octanol–water partition coefficient (Wildman–Crippen LogP) is 3.46. The van der Waals surface area contributed by atoms with E-state index < -0.39 is 0 Å². The lowest BCUT2D eigenvalue weighted by molar-refractivity contribution is 0.217. The first-order chi connectivity index (χ1) is 15.1. The van der Waals surface area contributed by atoms with Gasteiger partial charge in [0.05, 0.1) is 5.69 Å². The third kappa shape index (κ3) is 3.69. The summed E-state index contributed by atoms with van der Waals surface area (Å²) in [6.45, 7) is 3.16. The highest BCUT2D eigenvalue weighted by Crippen LogP contribution is 2.53. The first kappa shape index (κ1) is 19.5. The van der Waals surface area contributed by atoms with Crippen LogP contribution in [0.1, 0.15) is 55.6 Å². The average molecular weight is 423 g/mol. The highest BCUT2D eigenvalue weighted by Gasteiger charge is 2.45. The summed E-state index contributed by atoms with van der Waals surface area (Å²) in [4.78, 5) is 25.6. The number of aromatic nitrogens is 2. The molecule has 2 unspecified atom stereocenters. The van der Waals surface area contributed by atoms with E-state index in [0.717, 1.165) is 68.1 Å². The van der Waals surface area contributed by atoms with Gasteiger partial charge in [0.25, 0.3) is 5.56 Å². The maximum absolute atomic E-state index is 13.3. The maximum Gasteiger partial charge on any atom is 0.254 e. The highest BCUT2D eigenvalue weighted by molar-refractivity contribution is 5.50. The van der Waals surface area contributed by atoms with Gasteiger partial charge in [0, 0.05) is 42.8 Å². The lowest BCUT2D eigenvalue weighted by atomic mass is 9.84. The molecule has 164 valence electrons. The van der Waals surface area contributed by atoms with E-state index in [-0.39, 0.29) is 11.4 Å². The van der Waals surface area contributed by atoms with Gasteiger partial charge in [-0.2, -0.15) is 0 Å². The maximum atomic E-state index is 13.3. The van der Waals surface area contributed by atoms with Gasteiger partial charge in [0.1, 0.15) is 11.6 Å². The van der Waals surface area contributed by atoms with Crippen LogP contribution in [0, 0.1) is 11.2 Å². The number of rotatable bonds is 5. The molecule has 4 aliphatic rings. The van der Waals surface area contributed by atoms with Gasteiger partial charge in [0.15, 0.2) is 0 Å². The van der Waals surface area contributed by atoms with Crippen molar-refractivity contribution >= 4 is 5.69 Å². The third-order valence-electron chi connectivity index (χ3n) is 8.12. The molecule has 6 rings (SSSR count). The van der Waals surface area contributed by atoms with E-state index in [0.29, 0.717) is 17.5 Å². The van der Waals surface area contributed by atoms with Crippen molar-refractivity contribution in [3.8, 4) is 0 Å². The molecule has 2 atom stereocenters. The van der Waals surface area contributed by atoms with Crippen LogP contribution in [0.4, 0.5) is 10.1 Å². The molecule has 2 saturated heterocycles. The van der Waals surface area contributed by atoms with E-state index in [9.17, 15) is 9.18 Å². The van der Waals surface area contributed by atoms with E-state index in [2.05, 4.69) is 14.8 Å². The van der Waals surface area contributed by atoms with Gasteiger partial charge < -0.3 is 9.88 Å². The minimum Gasteiger partial charge on any atom is -0.363 e. The SMILES string of the molecule is O=c1[nH]c(CCCN2CC3CCC(C2)N3c2ccc(F)cc2)nc2c1CC1(CC2)CC1. The van der Waals surface area contributed by atoms with E-state index in [1.54, 1.807) is 12.1 Å². The summed E-state index contributed by atoms with van der Waals surface area (Å²) in [7, 11) is 0. The summed E-state index contributed by atoms with van der Waals surface area (Å²) in [5.41, 5.74) is 3.72. The van der Waals surface area contributed by atoms with Crippen molar-refractivity contribution in [3.63, 3.8) is 0 Å². The van der Waals surface area contributed by atoms with Gasteiger partial charge in [-0.05, 0) is 87.6 Å². The second-order valence-electron chi connectivity index (χ2n) is 10.2. The van der Waals surface area contributed by atoms with Crippen LogP contribution in [0.25, 0.3) is 0 Å². The van der Waals surface area contributed by atoms with Crippen molar-refractivity contribution < 1.29 is 4.39 Å². The zero-order chi connectivity index (χ0) is 21.0. The lowest BCUT2D eigenvalue weighted by Crippen LogP contribution is -2.54. The number of fused-ring (bicyclic) bond motifs is 3. The van der Waals surface area contributed by atoms with E-state index in [4.69, 9.17) is 4.98 Å². The number of hydrogen-bond acceptors (Lipinski definition) is 4. The van der Waals surface area contributed by atoms with Crippen LogP contribution in [-0.2, 0) is 19.3 Å². The molecule has 31 heavy (non-hydrogen) atoms. The molecule has 1 spiro atoms. The van der Waals surface area contributed by atoms with Crippen LogP contribution < -0.4 is 10.5 Å². The standard InChI is InChI=1S/C25H31FN4O/c26-17-3-5-18(6-4-17)30-19-7-8-20(30)16-29(15-19)13-1-2-23-27-22-9-10-25(11-12-25)14-21(22)24(31)28-23/h3-6,19-20H,1-2,7-16H2,(H,27,28,31). The summed E-state index contributed by atoms with van der Waals surface area (Å²) in [6, 6.07) is 8.00. The monoisotopic (exact) mass is 422 g/mol. The molecular weight excluding hydrogens is 391 g/mol. The number of nitrogens with one attached hydrogen (secondary N) is 1. The number of nitrogens with zero attached hydrogens (tertiary/aromatic N) is 3. The molecule has 1 saturated carbocycles. The van der Waals surface area contributed by atoms with E-state index in [1.165, 1.54) is 32.1 Å². The Morgan fingerprint density at radius 1 is 1.10 bits per heavy atom. The average Bonchev–Trinajstić information content (AvgIpc) is 3.46. The van der Waals surface area contributed by atoms with Crippen LogP contribution in [0.5, 0.6) is 0 Å². The summed E-state index contributed by atoms with van der Waals surface area (Å²) in [6.07, 6.45) is 9.94. The predicted molar refractivity (Wildman–Crippen MR) is 119 cm³/mol. The summed E-state index contributed by atoms with van der Waals surface area (Å²) < 4.78 is 13.3. The summed E-state index contributed by atoms with van der Waals surface area (Å²) in [5, 5.41) is 0. The fourth-order valence-electron chi connectivity index (χ4n) is 6.23. The molecule has 0 amide bonds. The van der Waals surface area contributed by atoms with E-state index >= 15 is 0 Å². The van der Waals surface area contributed by atoms with Crippen molar-refractivity contribution in [2.45, 2.75) is 69.9 Å². The zero-order valence-electron chi connectivity index (χ0n) is 18.1. The molecule has 2 aliphatic carbocycles. The Hall–Kier alpha value is -2.21. The first-order valence-electron chi connectivity index (χ1n) is 12.0. The number of hydrogen-bond donors (Lipinski definition) is 1. The van der Waals surface area contributed by atoms with Crippen molar-refractivity contribution in [3.05, 3.63) is 57.5 Å². The Kier molecular flexibility index (Phi) is 4.67. The molecule has 1 aromatic heterocycles. The number of aromatic amines is 1. The number of halogens is 1. The van der Waals surface area contributed by atoms with Crippen LogP contribution in [0.2, 0.25) is 0 Å². The Balaban J connectivity index is 1.06. The Bertz CT molecular complexity index is 1010. The number of H-pyrrole nitrogens is 1. The van der Waals surface area contributed by atoms with E-state index in [1.807, 2.05) is 12.1 Å². The normalized spacial score (nSPS) is 26.3. The molecular formula is C25H31FN4O. The molecule has 3 heterocycles. The van der Waals surface area contributed by atoms with Gasteiger partial charge in [-0.15, -0.1) is 0 Å². The second-order valence-corrected chi connectivity index (χ2v) is 10.2. The van der Waals surface area contributed by atoms with Gasteiger partial charge in [0.2, 0.25) is 0 Å². The minimum absolute atomic E-state index is 0.108. The number of aryl methyl sites for hydroxylation is 2. The number of benzene rings is 1. The summed E-state index contributed by atoms with van der Waals surface area (Å²) >= 11 is 0. The highest BCUT2D eigenvalue weighted by atomic mass is 19.1. The van der Waals surface area contributed by atoms with Crippen molar-refractivity contribution in [1.29, 1.82) is 0 Å². The third-order valence-corrected chi connectivity index (χ3v) is 8.12. The summed E-state index contributed by atoms with van der Waals surface area (Å²) in [5.74, 6) is 0.694. The molecule has 3 fully saturated rings. The van der Waals surface area contributed by atoms with Crippen molar-refractivity contribution in [2.75, 3.05) is 24.5 Å². The molecule has 0 radical (unpaired) electrons. The molecule has 1 aromatic carbocycles. The number of anilines is 1. The minimum atomic E-state index is -0.171. The molecule has 2 aromatic rings. The fraction of sp³-hybridized carbons (Fsp3) is 0.600. The first-order valence-corrected chi connectivity index (χ1v) is 12.0.